The molecule has 2 aromatic rings. The van der Waals surface area contributed by atoms with Gasteiger partial charge in [0.15, 0.2) is 10.9 Å². The highest BCUT2D eigenvalue weighted by Crippen LogP contribution is 2.22. The third-order valence-corrected chi connectivity index (χ3v) is 2.53. The molecule has 0 atom stereocenters. The maximum atomic E-state index is 5.86. The molecule has 4 heteroatoms. The highest BCUT2D eigenvalue weighted by Gasteiger charge is 2.01. The average molecular weight is 254 g/mol. The van der Waals surface area contributed by atoms with Gasteiger partial charge < -0.3 is 4.74 Å². The predicted octanol–water partition coefficient (Wildman–Crippen LogP) is 3.97. The van der Waals surface area contributed by atoms with Crippen LogP contribution in [0.4, 0.5) is 0 Å². The summed E-state index contributed by atoms with van der Waals surface area (Å²) in [4.78, 5) is 3.92. The highest BCUT2D eigenvalue weighted by atomic mass is 35.5. The van der Waals surface area contributed by atoms with Gasteiger partial charge >= 0.3 is 0 Å². The van der Waals surface area contributed by atoms with Crippen molar-refractivity contribution >= 4 is 23.2 Å². The summed E-state index contributed by atoms with van der Waals surface area (Å²) < 4.78 is 5.52. The van der Waals surface area contributed by atoms with Gasteiger partial charge in [0.1, 0.15) is 6.61 Å². The Balaban J connectivity index is 2.05. The van der Waals surface area contributed by atoms with Crippen LogP contribution in [0.15, 0.2) is 42.6 Å². The number of nitrogens with zero attached hydrogens (tertiary/aromatic N) is 1. The molecule has 0 spiro atoms. The van der Waals surface area contributed by atoms with E-state index < -0.39 is 0 Å². The summed E-state index contributed by atoms with van der Waals surface area (Å²) in [5.41, 5.74) is 0.993. The Kier molecular flexibility index (Phi) is 3.65. The van der Waals surface area contributed by atoms with Crippen LogP contribution in [-0.2, 0) is 6.61 Å². The first-order valence-corrected chi connectivity index (χ1v) is 5.49. The second-order valence-corrected chi connectivity index (χ2v) is 4.01. The third-order valence-electron chi connectivity index (χ3n) is 2.01. The van der Waals surface area contributed by atoms with Gasteiger partial charge in [0.25, 0.3) is 0 Å². The number of benzene rings is 1. The molecule has 0 aliphatic heterocycles. The lowest BCUT2D eigenvalue weighted by Gasteiger charge is -2.07. The molecule has 0 bridgehead atoms. The maximum absolute atomic E-state index is 5.86. The number of hydrogen-bond acceptors (Lipinski definition) is 2. The molecule has 1 heterocycles. The van der Waals surface area contributed by atoms with Crippen LogP contribution in [0.5, 0.6) is 5.75 Å². The summed E-state index contributed by atoms with van der Waals surface area (Å²) >= 11 is 11.7. The van der Waals surface area contributed by atoms with Gasteiger partial charge in [0, 0.05) is 11.2 Å². The second-order valence-electron chi connectivity index (χ2n) is 3.21. The van der Waals surface area contributed by atoms with E-state index in [1.165, 1.54) is 0 Å². The summed E-state index contributed by atoms with van der Waals surface area (Å²) in [5, 5.41) is 1.06. The first-order valence-electron chi connectivity index (χ1n) is 4.73. The summed E-state index contributed by atoms with van der Waals surface area (Å²) in [6.45, 7) is 0.423. The van der Waals surface area contributed by atoms with E-state index in [0.717, 1.165) is 5.56 Å². The van der Waals surface area contributed by atoms with Crippen LogP contribution < -0.4 is 4.74 Å². The van der Waals surface area contributed by atoms with Gasteiger partial charge in [0.2, 0.25) is 0 Å². The highest BCUT2D eigenvalue weighted by molar-refractivity contribution is 6.31. The molecule has 0 N–H and O–H groups in total. The number of aromatic nitrogens is 1. The van der Waals surface area contributed by atoms with Gasteiger partial charge in [0.05, 0.1) is 0 Å². The minimum absolute atomic E-state index is 0.365. The van der Waals surface area contributed by atoms with E-state index in [0.29, 0.717) is 22.5 Å². The molecular formula is C12H9Cl2NO. The number of pyridine rings is 1. The van der Waals surface area contributed by atoms with E-state index in [1.807, 2.05) is 24.3 Å². The molecule has 0 radical (unpaired) electrons. The van der Waals surface area contributed by atoms with Gasteiger partial charge in [-0.25, -0.2) is 4.98 Å². The normalized spacial score (nSPS) is 10.1. The van der Waals surface area contributed by atoms with E-state index in [1.54, 1.807) is 18.3 Å². The minimum atomic E-state index is 0.365. The molecule has 0 amide bonds. The van der Waals surface area contributed by atoms with E-state index in [9.17, 15) is 0 Å². The molecule has 0 saturated heterocycles. The standard InChI is InChI=1S/C12H9Cl2NO/c13-10-4-1-3-9(7-10)8-16-11-5-2-6-15-12(11)14/h1-7H,8H2. The zero-order valence-corrected chi connectivity index (χ0v) is 9.87. The predicted molar refractivity (Wildman–Crippen MR) is 65.0 cm³/mol. The van der Waals surface area contributed by atoms with Crippen molar-refractivity contribution in [2.24, 2.45) is 0 Å². The first-order chi connectivity index (χ1) is 7.75. The van der Waals surface area contributed by atoms with Crippen LogP contribution in [0.1, 0.15) is 5.56 Å². The Morgan fingerprint density at radius 2 is 2.00 bits per heavy atom. The van der Waals surface area contributed by atoms with Gasteiger partial charge in [-0.15, -0.1) is 0 Å². The van der Waals surface area contributed by atoms with Crippen LogP contribution in [-0.4, -0.2) is 4.98 Å². The lowest BCUT2D eigenvalue weighted by molar-refractivity contribution is 0.305. The van der Waals surface area contributed by atoms with Crippen LogP contribution in [0.25, 0.3) is 0 Å². The smallest absolute Gasteiger partial charge is 0.171 e. The quantitative estimate of drug-likeness (QED) is 0.773. The Hall–Kier alpha value is -1.25. The van der Waals surface area contributed by atoms with E-state index in [4.69, 9.17) is 27.9 Å². The van der Waals surface area contributed by atoms with Crippen molar-refractivity contribution in [1.82, 2.24) is 4.98 Å². The maximum Gasteiger partial charge on any atom is 0.171 e. The summed E-state index contributed by atoms with van der Waals surface area (Å²) in [7, 11) is 0. The van der Waals surface area contributed by atoms with Crippen LogP contribution >= 0.6 is 23.2 Å². The number of hydrogen-bond donors (Lipinski definition) is 0. The summed E-state index contributed by atoms with van der Waals surface area (Å²) in [5.74, 6) is 0.573. The summed E-state index contributed by atoms with van der Waals surface area (Å²) in [6, 6.07) is 11.1. The fraction of sp³-hybridized carbons (Fsp3) is 0.0833. The van der Waals surface area contributed by atoms with Gasteiger partial charge in [-0.3, -0.25) is 0 Å². The van der Waals surface area contributed by atoms with Crippen molar-refractivity contribution in [3.63, 3.8) is 0 Å². The van der Waals surface area contributed by atoms with Crippen LogP contribution in [0.3, 0.4) is 0 Å². The Morgan fingerprint density at radius 1 is 1.12 bits per heavy atom. The molecule has 82 valence electrons. The molecule has 2 rings (SSSR count). The monoisotopic (exact) mass is 253 g/mol. The Labute approximate surface area is 104 Å². The first kappa shape index (κ1) is 11.2. The number of ether oxygens (including phenoxy) is 1. The Bertz CT molecular complexity index is 488. The minimum Gasteiger partial charge on any atom is -0.486 e. The number of rotatable bonds is 3. The van der Waals surface area contributed by atoms with Crippen molar-refractivity contribution < 1.29 is 4.74 Å². The van der Waals surface area contributed by atoms with E-state index in [2.05, 4.69) is 4.98 Å². The molecule has 0 aliphatic carbocycles. The fourth-order valence-corrected chi connectivity index (χ4v) is 1.65. The molecule has 0 fully saturated rings. The van der Waals surface area contributed by atoms with Crippen molar-refractivity contribution in [3.05, 3.63) is 58.3 Å². The van der Waals surface area contributed by atoms with E-state index in [-0.39, 0.29) is 0 Å². The molecule has 0 unspecified atom stereocenters. The Morgan fingerprint density at radius 3 is 2.75 bits per heavy atom. The van der Waals surface area contributed by atoms with Gasteiger partial charge in [-0.1, -0.05) is 35.3 Å². The lowest BCUT2D eigenvalue weighted by Crippen LogP contribution is -1.96. The largest absolute Gasteiger partial charge is 0.486 e. The zero-order chi connectivity index (χ0) is 11.4. The molecule has 1 aromatic heterocycles. The third kappa shape index (κ3) is 2.87. The molecule has 16 heavy (non-hydrogen) atoms. The van der Waals surface area contributed by atoms with E-state index >= 15 is 0 Å². The zero-order valence-electron chi connectivity index (χ0n) is 8.36. The summed E-state index contributed by atoms with van der Waals surface area (Å²) in [6.07, 6.45) is 1.62. The second kappa shape index (κ2) is 5.19. The molecule has 1 aromatic carbocycles. The molecule has 2 nitrogen and oxygen atoms in total. The topological polar surface area (TPSA) is 22.1 Å². The SMILES string of the molecule is Clc1cccc(COc2cccnc2Cl)c1. The van der Waals surface area contributed by atoms with Crippen LogP contribution in [0, 0.1) is 0 Å². The number of halogens is 2. The van der Waals surface area contributed by atoms with Crippen molar-refractivity contribution in [2.45, 2.75) is 6.61 Å². The van der Waals surface area contributed by atoms with Crippen LogP contribution in [0.2, 0.25) is 10.2 Å². The fourth-order valence-electron chi connectivity index (χ4n) is 1.27. The lowest BCUT2D eigenvalue weighted by atomic mass is 10.2. The average Bonchev–Trinajstić information content (AvgIpc) is 2.28. The molecule has 0 aliphatic rings. The van der Waals surface area contributed by atoms with Crippen molar-refractivity contribution in [1.29, 1.82) is 0 Å². The van der Waals surface area contributed by atoms with Gasteiger partial charge in [-0.05, 0) is 29.8 Å². The van der Waals surface area contributed by atoms with Crippen molar-refractivity contribution in [2.75, 3.05) is 0 Å². The molecular weight excluding hydrogens is 245 g/mol. The van der Waals surface area contributed by atoms with Gasteiger partial charge in [-0.2, -0.15) is 0 Å². The van der Waals surface area contributed by atoms with Crippen molar-refractivity contribution in [3.8, 4) is 5.75 Å². The molecule has 0 saturated carbocycles.